The first kappa shape index (κ1) is 32.7. The third-order valence-electron chi connectivity index (χ3n) is 11.2. The van der Waals surface area contributed by atoms with Gasteiger partial charge in [-0.1, -0.05) is 140 Å². The number of ether oxygens (including phenoxy) is 1. The highest BCUT2D eigenvalue weighted by molar-refractivity contribution is 7.25. The van der Waals surface area contributed by atoms with Gasteiger partial charge in [-0.3, -0.25) is 0 Å². The molecule has 2 aliphatic carbocycles. The van der Waals surface area contributed by atoms with Gasteiger partial charge >= 0.3 is 0 Å². The predicted octanol–water partition coefficient (Wildman–Crippen LogP) is 12.0. The van der Waals surface area contributed by atoms with Crippen molar-refractivity contribution in [2.75, 3.05) is 0 Å². The van der Waals surface area contributed by atoms with E-state index < -0.39 is 0 Å². The Hall–Kier alpha value is -6.74. The normalized spacial score (nSPS) is 18.6. The van der Waals surface area contributed by atoms with Crippen molar-refractivity contribution in [3.63, 3.8) is 0 Å². The number of benzene rings is 5. The van der Waals surface area contributed by atoms with Crippen molar-refractivity contribution in [3.8, 4) is 33.4 Å². The number of fused-ring (bicyclic) bond motifs is 5. The van der Waals surface area contributed by atoms with Crippen molar-refractivity contribution in [1.82, 2.24) is 5.32 Å². The third kappa shape index (κ3) is 5.78. The van der Waals surface area contributed by atoms with E-state index in [1.165, 1.54) is 48.0 Å². The van der Waals surface area contributed by atoms with Crippen LogP contribution in [0.4, 0.5) is 0 Å². The molecule has 1 N–H and O–H groups in total. The van der Waals surface area contributed by atoms with Gasteiger partial charge in [0.25, 0.3) is 0 Å². The van der Waals surface area contributed by atoms with Crippen LogP contribution in [0.15, 0.2) is 190 Å². The van der Waals surface area contributed by atoms with Crippen LogP contribution in [-0.2, 0) is 4.74 Å². The predicted molar refractivity (Wildman–Crippen MR) is 231 cm³/mol. The van der Waals surface area contributed by atoms with E-state index in [1.807, 2.05) is 29.5 Å². The Morgan fingerprint density at radius 1 is 0.714 bits per heavy atom. The summed E-state index contributed by atoms with van der Waals surface area (Å²) in [7, 11) is 0. The lowest BCUT2D eigenvalue weighted by Gasteiger charge is -2.28. The van der Waals surface area contributed by atoms with Gasteiger partial charge in [-0.2, -0.15) is 0 Å². The maximum atomic E-state index is 6.52. The minimum atomic E-state index is -0.278. The highest BCUT2D eigenvalue weighted by Gasteiger charge is 2.35. The summed E-state index contributed by atoms with van der Waals surface area (Å²) < 4.78 is 8.96. The van der Waals surface area contributed by atoms with Crippen molar-refractivity contribution < 1.29 is 4.74 Å². The fourth-order valence-electron chi connectivity index (χ4n) is 8.37. The molecule has 7 aromatic rings. The van der Waals surface area contributed by atoms with E-state index in [-0.39, 0.29) is 12.3 Å². The zero-order valence-corrected chi connectivity index (χ0v) is 31.3. The van der Waals surface area contributed by atoms with Gasteiger partial charge in [0.15, 0.2) is 5.84 Å². The van der Waals surface area contributed by atoms with Gasteiger partial charge in [0, 0.05) is 60.9 Å². The van der Waals surface area contributed by atoms with E-state index in [4.69, 9.17) is 14.7 Å². The molecule has 0 spiro atoms. The number of rotatable bonds is 6. The summed E-state index contributed by atoms with van der Waals surface area (Å²) >= 11 is 1.81. The summed E-state index contributed by atoms with van der Waals surface area (Å²) in [5, 5.41) is 6.07. The Morgan fingerprint density at radius 3 is 2.36 bits per heavy atom. The molecule has 1 aromatic heterocycles. The molecular weight excluding hydrogens is 703 g/mol. The van der Waals surface area contributed by atoms with Gasteiger partial charge in [-0.05, 0) is 70.1 Å². The highest BCUT2D eigenvalue weighted by atomic mass is 32.1. The van der Waals surface area contributed by atoms with Crippen molar-refractivity contribution in [1.29, 1.82) is 0 Å². The number of nitrogens with zero attached hydrogens (tertiary/aromatic N) is 2. The second-order valence-corrected chi connectivity index (χ2v) is 15.7. The molecule has 266 valence electrons. The molecule has 11 rings (SSSR count). The van der Waals surface area contributed by atoms with Crippen LogP contribution in [0.2, 0.25) is 0 Å². The van der Waals surface area contributed by atoms with Crippen LogP contribution in [-0.4, -0.2) is 23.9 Å². The first-order valence-electron chi connectivity index (χ1n) is 19.2. The molecule has 2 aliphatic heterocycles. The number of amidine groups is 2. The Labute approximate surface area is 330 Å². The van der Waals surface area contributed by atoms with Gasteiger partial charge in [0.2, 0.25) is 0 Å². The molecule has 3 heterocycles. The lowest BCUT2D eigenvalue weighted by atomic mass is 9.89. The Bertz CT molecular complexity index is 2870. The quantitative estimate of drug-likeness (QED) is 0.185. The molecule has 6 aromatic carbocycles. The fraction of sp³-hybridized carbons (Fsp3) is 0.0980. The van der Waals surface area contributed by atoms with Crippen LogP contribution < -0.4 is 5.32 Å². The summed E-state index contributed by atoms with van der Waals surface area (Å²) in [6.07, 6.45) is 11.5. The van der Waals surface area contributed by atoms with Crippen LogP contribution in [0, 0.1) is 12.1 Å². The second-order valence-electron chi connectivity index (χ2n) is 14.6. The largest absolute Gasteiger partial charge is 0.489 e. The third-order valence-corrected chi connectivity index (χ3v) is 12.3. The molecule has 4 nitrogen and oxygen atoms in total. The van der Waals surface area contributed by atoms with Crippen LogP contribution in [0.25, 0.3) is 53.6 Å². The van der Waals surface area contributed by atoms with Gasteiger partial charge < -0.3 is 10.1 Å². The lowest BCUT2D eigenvalue weighted by Crippen LogP contribution is -2.41. The van der Waals surface area contributed by atoms with Crippen LogP contribution in [0.1, 0.15) is 30.4 Å². The summed E-state index contributed by atoms with van der Waals surface area (Å²) in [5.41, 5.74) is 12.6. The molecule has 2 atom stereocenters. The van der Waals surface area contributed by atoms with Crippen LogP contribution >= 0.6 is 11.3 Å². The van der Waals surface area contributed by atoms with Crippen molar-refractivity contribution in [3.05, 3.63) is 204 Å². The molecule has 0 bridgehead atoms. The molecule has 0 amide bonds. The number of thiophene rings is 1. The highest BCUT2D eigenvalue weighted by Crippen LogP contribution is 2.43. The zero-order valence-electron chi connectivity index (χ0n) is 30.5. The summed E-state index contributed by atoms with van der Waals surface area (Å²) in [6.45, 7) is 0. The van der Waals surface area contributed by atoms with Crippen molar-refractivity contribution >= 4 is 43.2 Å². The zero-order chi connectivity index (χ0) is 37.0. The minimum Gasteiger partial charge on any atom is -0.489 e. The Balaban J connectivity index is 0.979. The van der Waals surface area contributed by atoms with E-state index in [1.54, 1.807) is 0 Å². The average Bonchev–Trinajstić information content (AvgIpc) is 3.85. The van der Waals surface area contributed by atoms with Crippen LogP contribution in [0.3, 0.4) is 0 Å². The average molecular weight is 738 g/mol. The fourth-order valence-corrected chi connectivity index (χ4v) is 9.49. The summed E-state index contributed by atoms with van der Waals surface area (Å²) in [4.78, 5) is 10.6. The Kier molecular flexibility index (Phi) is 7.89. The molecule has 4 aliphatic rings. The van der Waals surface area contributed by atoms with E-state index >= 15 is 0 Å². The summed E-state index contributed by atoms with van der Waals surface area (Å²) in [5.74, 6) is 2.68. The number of allylic oxidation sites excluding steroid dienone is 5. The second kappa shape index (κ2) is 13.5. The minimum absolute atomic E-state index is 0.0203. The van der Waals surface area contributed by atoms with Gasteiger partial charge in [-0.25, -0.2) is 9.98 Å². The first-order chi connectivity index (χ1) is 27.7. The SMILES string of the molecule is c1cc(-c2ccc3sc4cccc(C5=NC(C6=CC=C7C8=C(CCC=C8)OC7C6)NC(c6ccccc6)=N5)c4c3c2)cc(-c2ccc(-c3ccccc3)cc2)c#1. The maximum absolute atomic E-state index is 6.52. The van der Waals surface area contributed by atoms with E-state index in [2.05, 4.69) is 157 Å². The summed E-state index contributed by atoms with van der Waals surface area (Å²) in [6, 6.07) is 53.8. The molecular formula is C51H35N3OS. The van der Waals surface area contributed by atoms with Crippen molar-refractivity contribution in [2.45, 2.75) is 31.5 Å². The van der Waals surface area contributed by atoms with Gasteiger partial charge in [0.05, 0.1) is 0 Å². The molecule has 0 saturated heterocycles. The smallest absolute Gasteiger partial charge is 0.160 e. The molecule has 56 heavy (non-hydrogen) atoms. The van der Waals surface area contributed by atoms with Gasteiger partial charge in [0.1, 0.15) is 23.9 Å². The molecule has 0 fully saturated rings. The molecule has 5 heteroatoms. The van der Waals surface area contributed by atoms with Crippen LogP contribution in [0.5, 0.6) is 0 Å². The number of aliphatic imine (C=N–C) groups is 2. The maximum Gasteiger partial charge on any atom is 0.160 e. The van der Waals surface area contributed by atoms with E-state index in [0.29, 0.717) is 0 Å². The lowest BCUT2D eigenvalue weighted by molar-refractivity contribution is 0.156. The standard InChI is InChI=1S/C51H35N3OS/c1-3-11-32(12-4-1)33-21-23-34(24-22-33)36-15-9-16-37(29-36)38-26-28-46-43(30-38)48-42(18-10-20-47(48)56-46)51-53-49(35-13-5-2-6-14-35)52-50(54-51)39-25-27-41-40-17-7-8-19-44(40)55-45(41)31-39/h1-7,10-14,16-18,20-30,45,50H,8,19,31H2,(H,52,53,54). The molecule has 0 saturated carbocycles. The first-order valence-corrected chi connectivity index (χ1v) is 20.0. The molecule has 0 radical (unpaired) electrons. The number of hydrogen-bond donors (Lipinski definition) is 1. The Morgan fingerprint density at radius 2 is 1.50 bits per heavy atom. The monoisotopic (exact) mass is 737 g/mol. The number of hydrogen-bond acceptors (Lipinski definition) is 5. The van der Waals surface area contributed by atoms with Gasteiger partial charge in [-0.15, -0.1) is 11.3 Å². The topological polar surface area (TPSA) is 46.0 Å². The molecule has 2 unspecified atom stereocenters. The van der Waals surface area contributed by atoms with Crippen molar-refractivity contribution in [2.24, 2.45) is 9.98 Å². The number of nitrogens with one attached hydrogen (secondary N) is 1. The van der Waals surface area contributed by atoms with E-state index in [0.717, 1.165) is 70.1 Å². The van der Waals surface area contributed by atoms with E-state index in [9.17, 15) is 0 Å².